The van der Waals surface area contributed by atoms with Crippen LogP contribution in [0, 0.1) is 0 Å². The van der Waals surface area contributed by atoms with E-state index in [1.165, 1.54) is 0 Å². The third-order valence-corrected chi connectivity index (χ3v) is 5.51. The molecule has 1 heterocycles. The highest BCUT2D eigenvalue weighted by Crippen LogP contribution is 2.25. The summed E-state index contributed by atoms with van der Waals surface area (Å²) in [6.45, 7) is 2.95. The van der Waals surface area contributed by atoms with Crippen molar-refractivity contribution < 1.29 is 19.1 Å². The normalized spacial score (nSPS) is 15.8. The Bertz CT molecular complexity index is 913. The number of thiocarbonyl (C=S) groups is 1. The summed E-state index contributed by atoms with van der Waals surface area (Å²) in [5.74, 6) is -1.66. The zero-order valence-corrected chi connectivity index (χ0v) is 18.8. The van der Waals surface area contributed by atoms with Crippen LogP contribution in [0.5, 0.6) is 0 Å². The largest absolute Gasteiger partial charge is 0.466 e. The summed E-state index contributed by atoms with van der Waals surface area (Å²) in [7, 11) is 0. The number of amides is 2. The fourth-order valence-electron chi connectivity index (χ4n) is 3.63. The predicted octanol–water partition coefficient (Wildman–Crippen LogP) is 2.36. The van der Waals surface area contributed by atoms with Crippen LogP contribution in [-0.4, -0.2) is 53.5 Å². The molecule has 168 valence electrons. The van der Waals surface area contributed by atoms with Crippen molar-refractivity contribution in [2.75, 3.05) is 19.7 Å². The van der Waals surface area contributed by atoms with E-state index in [9.17, 15) is 14.4 Å². The average molecular weight is 454 g/mol. The zero-order chi connectivity index (χ0) is 22.9. The monoisotopic (exact) mass is 453 g/mol. The van der Waals surface area contributed by atoms with Gasteiger partial charge in [0.25, 0.3) is 0 Å². The van der Waals surface area contributed by atoms with Crippen LogP contribution in [0.4, 0.5) is 0 Å². The number of hydrogen-bond donors (Lipinski definition) is 2. The van der Waals surface area contributed by atoms with Crippen LogP contribution in [0.1, 0.15) is 36.8 Å². The molecule has 1 atom stereocenters. The Balaban J connectivity index is 1.77. The van der Waals surface area contributed by atoms with E-state index in [-0.39, 0.29) is 23.3 Å². The fraction of sp³-hybridized carbons (Fsp3) is 0.333. The first-order chi connectivity index (χ1) is 15.5. The van der Waals surface area contributed by atoms with Crippen LogP contribution >= 0.6 is 12.2 Å². The van der Waals surface area contributed by atoms with E-state index < -0.39 is 17.9 Å². The lowest BCUT2D eigenvalue weighted by molar-refractivity contribution is -0.147. The van der Waals surface area contributed by atoms with E-state index in [1.807, 2.05) is 67.6 Å². The summed E-state index contributed by atoms with van der Waals surface area (Å²) in [5.41, 5.74) is 1.66. The van der Waals surface area contributed by atoms with Crippen LogP contribution in [0.25, 0.3) is 0 Å². The van der Waals surface area contributed by atoms with Gasteiger partial charge in [0.05, 0.1) is 18.9 Å². The Hall–Kier alpha value is -3.26. The number of carbonyl (C=O) groups excluding carboxylic acids is 3. The minimum absolute atomic E-state index is 0.120. The highest BCUT2D eigenvalue weighted by Gasteiger charge is 2.35. The van der Waals surface area contributed by atoms with Crippen molar-refractivity contribution in [3.8, 4) is 0 Å². The van der Waals surface area contributed by atoms with Crippen molar-refractivity contribution >= 4 is 35.1 Å². The summed E-state index contributed by atoms with van der Waals surface area (Å²) >= 11 is 5.50. The molecule has 7 nitrogen and oxygen atoms in total. The molecule has 32 heavy (non-hydrogen) atoms. The van der Waals surface area contributed by atoms with Gasteiger partial charge in [0.2, 0.25) is 11.8 Å². The number of nitrogens with one attached hydrogen (secondary N) is 2. The Morgan fingerprint density at radius 2 is 1.72 bits per heavy atom. The molecule has 0 radical (unpaired) electrons. The topological polar surface area (TPSA) is 87.7 Å². The van der Waals surface area contributed by atoms with Gasteiger partial charge in [0.15, 0.2) is 5.11 Å². The van der Waals surface area contributed by atoms with Crippen LogP contribution < -0.4 is 10.6 Å². The van der Waals surface area contributed by atoms with Gasteiger partial charge < -0.3 is 20.3 Å². The molecule has 0 aliphatic carbocycles. The Morgan fingerprint density at radius 3 is 2.28 bits per heavy atom. The third-order valence-electron chi connectivity index (χ3n) is 5.18. The van der Waals surface area contributed by atoms with E-state index in [0.717, 1.165) is 11.1 Å². The minimum atomic E-state index is -0.826. The quantitative estimate of drug-likeness (QED) is 0.494. The summed E-state index contributed by atoms with van der Waals surface area (Å²) < 4.78 is 5.13. The van der Waals surface area contributed by atoms with Gasteiger partial charge in [-0.2, -0.15) is 0 Å². The first kappa shape index (κ1) is 23.4. The van der Waals surface area contributed by atoms with Crippen molar-refractivity contribution in [3.63, 3.8) is 0 Å². The second kappa shape index (κ2) is 11.4. The second-order valence-corrected chi connectivity index (χ2v) is 7.86. The molecule has 3 rings (SSSR count). The summed E-state index contributed by atoms with van der Waals surface area (Å²) in [5, 5.41) is 5.67. The maximum absolute atomic E-state index is 13.3. The standard InChI is InChI=1S/C24H27N3O4S/c1-2-15-31-20(28)16-19-22(29)25-13-14-27(19)24(32)26-23(30)21(17-9-5-3-6-10-17)18-11-7-4-8-12-18/h3-12,19,21H,2,13-16H2,1H3,(H,25,29)(H,26,30,32). The van der Waals surface area contributed by atoms with Crippen LogP contribution in [0.15, 0.2) is 60.7 Å². The molecule has 1 fully saturated rings. The number of piperazine rings is 1. The third kappa shape index (κ3) is 5.91. The fourth-order valence-corrected chi connectivity index (χ4v) is 3.95. The van der Waals surface area contributed by atoms with E-state index in [1.54, 1.807) is 4.90 Å². The number of nitrogens with zero attached hydrogens (tertiary/aromatic N) is 1. The molecular weight excluding hydrogens is 426 g/mol. The molecule has 1 unspecified atom stereocenters. The first-order valence-corrected chi connectivity index (χ1v) is 11.1. The molecule has 1 aliphatic heterocycles. The molecule has 0 saturated carbocycles. The number of carbonyl (C=O) groups is 3. The van der Waals surface area contributed by atoms with E-state index in [4.69, 9.17) is 17.0 Å². The van der Waals surface area contributed by atoms with E-state index in [0.29, 0.717) is 26.1 Å². The van der Waals surface area contributed by atoms with Crippen LogP contribution in [0.3, 0.4) is 0 Å². The van der Waals surface area contributed by atoms with Crippen molar-refractivity contribution in [1.29, 1.82) is 0 Å². The lowest BCUT2D eigenvalue weighted by Gasteiger charge is -2.36. The van der Waals surface area contributed by atoms with E-state index >= 15 is 0 Å². The number of hydrogen-bond acceptors (Lipinski definition) is 5. The average Bonchev–Trinajstić information content (AvgIpc) is 2.80. The van der Waals surface area contributed by atoms with Crippen molar-refractivity contribution in [2.45, 2.75) is 31.7 Å². The first-order valence-electron chi connectivity index (χ1n) is 10.7. The maximum atomic E-state index is 13.3. The Labute approximate surface area is 193 Å². The lowest BCUT2D eigenvalue weighted by Crippen LogP contribution is -2.60. The van der Waals surface area contributed by atoms with Crippen molar-refractivity contribution in [1.82, 2.24) is 15.5 Å². The molecule has 1 aliphatic rings. The number of esters is 1. The summed E-state index contributed by atoms with van der Waals surface area (Å²) in [6.07, 6.45) is 0.559. The molecule has 0 bridgehead atoms. The number of rotatable bonds is 7. The second-order valence-electron chi connectivity index (χ2n) is 7.47. The van der Waals surface area contributed by atoms with Gasteiger partial charge >= 0.3 is 5.97 Å². The summed E-state index contributed by atoms with van der Waals surface area (Å²) in [4.78, 5) is 39.5. The van der Waals surface area contributed by atoms with Gasteiger partial charge in [-0.1, -0.05) is 67.6 Å². The van der Waals surface area contributed by atoms with E-state index in [2.05, 4.69) is 10.6 Å². The SMILES string of the molecule is CCCOC(=O)CC1C(=O)NCCN1C(=S)NC(=O)C(c1ccccc1)c1ccccc1. The summed E-state index contributed by atoms with van der Waals surface area (Å²) in [6, 6.07) is 18.0. The highest BCUT2D eigenvalue weighted by molar-refractivity contribution is 7.80. The molecule has 0 spiro atoms. The van der Waals surface area contributed by atoms with Gasteiger partial charge in [-0.05, 0) is 29.8 Å². The van der Waals surface area contributed by atoms with Gasteiger partial charge in [0, 0.05) is 13.1 Å². The van der Waals surface area contributed by atoms with Crippen LogP contribution in [0.2, 0.25) is 0 Å². The van der Waals surface area contributed by atoms with Gasteiger partial charge in [-0.15, -0.1) is 0 Å². The Morgan fingerprint density at radius 1 is 1.12 bits per heavy atom. The van der Waals surface area contributed by atoms with Crippen LogP contribution in [-0.2, 0) is 19.1 Å². The molecule has 1 saturated heterocycles. The maximum Gasteiger partial charge on any atom is 0.308 e. The zero-order valence-electron chi connectivity index (χ0n) is 18.0. The predicted molar refractivity (Wildman–Crippen MR) is 125 cm³/mol. The number of ether oxygens (including phenoxy) is 1. The van der Waals surface area contributed by atoms with Crippen molar-refractivity contribution in [2.24, 2.45) is 0 Å². The van der Waals surface area contributed by atoms with Gasteiger partial charge in [-0.3, -0.25) is 14.4 Å². The minimum Gasteiger partial charge on any atom is -0.466 e. The molecule has 8 heteroatoms. The van der Waals surface area contributed by atoms with Gasteiger partial charge in [-0.25, -0.2) is 0 Å². The smallest absolute Gasteiger partial charge is 0.308 e. The molecular formula is C24H27N3O4S. The molecule has 2 aromatic rings. The van der Waals surface area contributed by atoms with Crippen molar-refractivity contribution in [3.05, 3.63) is 71.8 Å². The molecule has 0 aromatic heterocycles. The molecule has 2 aromatic carbocycles. The lowest BCUT2D eigenvalue weighted by atomic mass is 9.90. The molecule has 2 amide bonds. The van der Waals surface area contributed by atoms with Gasteiger partial charge in [0.1, 0.15) is 6.04 Å². The Kier molecular flexibility index (Phi) is 8.33. The number of benzene rings is 2. The molecule has 2 N–H and O–H groups in total. The highest BCUT2D eigenvalue weighted by atomic mass is 32.1.